The SMILES string of the molecule is Cc1cccc(O[C@H](C)C(=O)N(C)C2CCCC2)c1C. The van der Waals surface area contributed by atoms with Gasteiger partial charge in [0.05, 0.1) is 0 Å². The van der Waals surface area contributed by atoms with E-state index in [-0.39, 0.29) is 5.91 Å². The average molecular weight is 275 g/mol. The van der Waals surface area contributed by atoms with Crippen LogP contribution in [0.4, 0.5) is 0 Å². The summed E-state index contributed by atoms with van der Waals surface area (Å²) >= 11 is 0. The topological polar surface area (TPSA) is 29.5 Å². The number of hydrogen-bond donors (Lipinski definition) is 0. The van der Waals surface area contributed by atoms with Crippen molar-refractivity contribution in [2.45, 2.75) is 58.6 Å². The van der Waals surface area contributed by atoms with Gasteiger partial charge in [0, 0.05) is 13.1 Å². The van der Waals surface area contributed by atoms with Crippen molar-refractivity contribution in [2.75, 3.05) is 7.05 Å². The molecule has 2 rings (SSSR count). The number of carbonyl (C=O) groups is 1. The molecule has 1 saturated carbocycles. The van der Waals surface area contributed by atoms with E-state index >= 15 is 0 Å². The maximum absolute atomic E-state index is 12.4. The van der Waals surface area contributed by atoms with Gasteiger partial charge in [0.15, 0.2) is 6.10 Å². The Hall–Kier alpha value is -1.51. The van der Waals surface area contributed by atoms with E-state index in [2.05, 4.69) is 13.0 Å². The van der Waals surface area contributed by atoms with Gasteiger partial charge < -0.3 is 9.64 Å². The highest BCUT2D eigenvalue weighted by Crippen LogP contribution is 2.25. The molecule has 110 valence electrons. The minimum absolute atomic E-state index is 0.0813. The average Bonchev–Trinajstić information content (AvgIpc) is 2.96. The van der Waals surface area contributed by atoms with Gasteiger partial charge in [0.2, 0.25) is 0 Å². The van der Waals surface area contributed by atoms with E-state index in [1.165, 1.54) is 18.4 Å². The second kappa shape index (κ2) is 6.29. The Morgan fingerprint density at radius 1 is 1.30 bits per heavy atom. The summed E-state index contributed by atoms with van der Waals surface area (Å²) in [7, 11) is 1.90. The summed E-state index contributed by atoms with van der Waals surface area (Å²) in [6.07, 6.45) is 4.28. The molecule has 1 aliphatic rings. The molecule has 0 N–H and O–H groups in total. The quantitative estimate of drug-likeness (QED) is 0.842. The molecule has 0 aromatic heterocycles. The van der Waals surface area contributed by atoms with Crippen LogP contribution in [0.3, 0.4) is 0 Å². The maximum Gasteiger partial charge on any atom is 0.263 e. The number of benzene rings is 1. The van der Waals surface area contributed by atoms with Crippen LogP contribution in [0.5, 0.6) is 5.75 Å². The molecule has 20 heavy (non-hydrogen) atoms. The maximum atomic E-state index is 12.4. The zero-order valence-corrected chi connectivity index (χ0v) is 13.0. The van der Waals surface area contributed by atoms with Gasteiger partial charge in [-0.25, -0.2) is 0 Å². The number of carbonyl (C=O) groups excluding carboxylic acids is 1. The molecule has 1 aromatic rings. The van der Waals surface area contributed by atoms with E-state index in [0.717, 1.165) is 24.2 Å². The van der Waals surface area contributed by atoms with E-state index in [1.54, 1.807) is 0 Å². The smallest absolute Gasteiger partial charge is 0.263 e. The minimum Gasteiger partial charge on any atom is -0.481 e. The molecule has 1 atom stereocenters. The predicted molar refractivity (Wildman–Crippen MR) is 81.0 cm³/mol. The lowest BCUT2D eigenvalue weighted by Gasteiger charge is -2.27. The van der Waals surface area contributed by atoms with Gasteiger partial charge in [-0.3, -0.25) is 4.79 Å². The molecule has 0 radical (unpaired) electrons. The van der Waals surface area contributed by atoms with Gasteiger partial charge in [0.25, 0.3) is 5.91 Å². The van der Waals surface area contributed by atoms with E-state index < -0.39 is 6.10 Å². The summed E-state index contributed by atoms with van der Waals surface area (Å²) in [4.78, 5) is 14.3. The lowest BCUT2D eigenvalue weighted by molar-refractivity contribution is -0.138. The van der Waals surface area contributed by atoms with Crippen LogP contribution in [0.15, 0.2) is 18.2 Å². The minimum atomic E-state index is -0.430. The number of ether oxygens (including phenoxy) is 1. The Kier molecular flexibility index (Phi) is 4.69. The van der Waals surface area contributed by atoms with Crippen molar-refractivity contribution in [3.05, 3.63) is 29.3 Å². The molecule has 0 saturated heterocycles. The van der Waals surface area contributed by atoms with Crippen molar-refractivity contribution in [2.24, 2.45) is 0 Å². The molecular weight excluding hydrogens is 250 g/mol. The highest BCUT2D eigenvalue weighted by molar-refractivity contribution is 5.81. The zero-order valence-electron chi connectivity index (χ0n) is 13.0. The fraction of sp³-hybridized carbons (Fsp3) is 0.588. The van der Waals surface area contributed by atoms with Crippen LogP contribution in [0, 0.1) is 13.8 Å². The normalized spacial score (nSPS) is 17.0. The first-order chi connectivity index (χ1) is 9.50. The summed E-state index contributed by atoms with van der Waals surface area (Å²) < 4.78 is 5.88. The summed E-state index contributed by atoms with van der Waals surface area (Å²) in [5.74, 6) is 0.892. The van der Waals surface area contributed by atoms with Crippen molar-refractivity contribution in [3.8, 4) is 5.75 Å². The standard InChI is InChI=1S/C17H25NO2/c1-12-8-7-11-16(13(12)2)20-14(3)17(19)18(4)15-9-5-6-10-15/h7-8,11,14-15H,5-6,9-10H2,1-4H3/t14-/m1/s1. The molecule has 3 heteroatoms. The highest BCUT2D eigenvalue weighted by atomic mass is 16.5. The van der Waals surface area contributed by atoms with Crippen LogP contribution in [0.1, 0.15) is 43.7 Å². The molecule has 1 amide bonds. The lowest BCUT2D eigenvalue weighted by Crippen LogP contribution is -2.43. The Bertz CT molecular complexity index is 478. The van der Waals surface area contributed by atoms with Crippen molar-refractivity contribution >= 4 is 5.91 Å². The van der Waals surface area contributed by atoms with Crippen LogP contribution < -0.4 is 4.74 Å². The largest absolute Gasteiger partial charge is 0.481 e. The van der Waals surface area contributed by atoms with Gasteiger partial charge in [-0.1, -0.05) is 25.0 Å². The second-order valence-electron chi connectivity index (χ2n) is 5.85. The summed E-state index contributed by atoms with van der Waals surface area (Å²) in [5.41, 5.74) is 2.29. The third-order valence-electron chi connectivity index (χ3n) is 4.43. The fourth-order valence-electron chi connectivity index (χ4n) is 2.85. The molecular formula is C17H25NO2. The van der Waals surface area contributed by atoms with E-state index in [4.69, 9.17) is 4.74 Å². The van der Waals surface area contributed by atoms with Crippen LogP contribution in [0.2, 0.25) is 0 Å². The molecule has 1 aliphatic carbocycles. The predicted octanol–water partition coefficient (Wildman–Crippen LogP) is 3.47. The van der Waals surface area contributed by atoms with Gasteiger partial charge in [-0.15, -0.1) is 0 Å². The lowest BCUT2D eigenvalue weighted by atomic mass is 10.1. The molecule has 3 nitrogen and oxygen atoms in total. The number of amides is 1. The third-order valence-corrected chi connectivity index (χ3v) is 4.43. The number of likely N-dealkylation sites (N-methyl/N-ethyl adjacent to an activating group) is 1. The fourth-order valence-corrected chi connectivity index (χ4v) is 2.85. The van der Waals surface area contributed by atoms with Crippen LogP contribution >= 0.6 is 0 Å². The second-order valence-corrected chi connectivity index (χ2v) is 5.85. The zero-order chi connectivity index (χ0) is 14.7. The Morgan fingerprint density at radius 2 is 1.95 bits per heavy atom. The van der Waals surface area contributed by atoms with E-state index in [1.807, 2.05) is 37.9 Å². The van der Waals surface area contributed by atoms with Crippen molar-refractivity contribution in [1.82, 2.24) is 4.90 Å². The number of rotatable bonds is 4. The number of nitrogens with zero attached hydrogens (tertiary/aromatic N) is 1. The van der Waals surface area contributed by atoms with Crippen LogP contribution in [-0.2, 0) is 4.79 Å². The van der Waals surface area contributed by atoms with Gasteiger partial charge in [-0.05, 0) is 50.8 Å². The van der Waals surface area contributed by atoms with E-state index in [0.29, 0.717) is 6.04 Å². The van der Waals surface area contributed by atoms with Gasteiger partial charge >= 0.3 is 0 Å². The first kappa shape index (κ1) is 14.9. The van der Waals surface area contributed by atoms with Gasteiger partial charge in [-0.2, -0.15) is 0 Å². The Labute approximate surface area is 121 Å². The molecule has 0 aliphatic heterocycles. The molecule has 1 fully saturated rings. The molecule has 0 unspecified atom stereocenters. The van der Waals surface area contributed by atoms with Crippen LogP contribution in [-0.4, -0.2) is 30.0 Å². The van der Waals surface area contributed by atoms with Crippen molar-refractivity contribution in [3.63, 3.8) is 0 Å². The Morgan fingerprint density at radius 3 is 2.60 bits per heavy atom. The first-order valence-corrected chi connectivity index (χ1v) is 7.50. The molecule has 0 spiro atoms. The summed E-state index contributed by atoms with van der Waals surface area (Å²) in [6.45, 7) is 5.93. The third kappa shape index (κ3) is 3.14. The summed E-state index contributed by atoms with van der Waals surface area (Å²) in [5, 5.41) is 0. The van der Waals surface area contributed by atoms with Gasteiger partial charge in [0.1, 0.15) is 5.75 Å². The molecule has 0 heterocycles. The number of hydrogen-bond acceptors (Lipinski definition) is 2. The molecule has 0 bridgehead atoms. The monoisotopic (exact) mass is 275 g/mol. The van der Waals surface area contributed by atoms with Crippen molar-refractivity contribution < 1.29 is 9.53 Å². The van der Waals surface area contributed by atoms with Crippen LogP contribution in [0.25, 0.3) is 0 Å². The Balaban J connectivity index is 2.01. The van der Waals surface area contributed by atoms with E-state index in [9.17, 15) is 4.79 Å². The van der Waals surface area contributed by atoms with Crippen molar-refractivity contribution in [1.29, 1.82) is 0 Å². The number of aryl methyl sites for hydroxylation is 1. The first-order valence-electron chi connectivity index (χ1n) is 7.50. The summed E-state index contributed by atoms with van der Waals surface area (Å²) in [6, 6.07) is 6.35. The molecule has 1 aromatic carbocycles. The highest BCUT2D eigenvalue weighted by Gasteiger charge is 2.27.